The predicted octanol–water partition coefficient (Wildman–Crippen LogP) is 2.50. The maximum atomic E-state index is 13.1. The first kappa shape index (κ1) is 18.2. The number of fused-ring (bicyclic) bond motifs is 3. The second kappa shape index (κ2) is 6.59. The highest BCUT2D eigenvalue weighted by molar-refractivity contribution is 7.91. The SMILES string of the molecule is CC1CCN(C(=O)c2ccc3c(c2)c2c(n3S(=O)(=O)C3CC3)CCNC2)CC1. The standard InChI is InChI=1S/C21H27N3O3S/c1-14-7-10-23(11-8-14)21(25)15-2-5-19-17(12-15)18-13-22-9-6-20(18)24(19)28(26,27)16-3-4-16/h2,5,12,14,16,22H,3-4,6-11,13H2,1H3. The zero-order valence-electron chi connectivity index (χ0n) is 16.3. The molecular weight excluding hydrogens is 374 g/mol. The van der Waals surface area contributed by atoms with Crippen LogP contribution in [0.3, 0.4) is 0 Å². The number of hydrogen-bond donors (Lipinski definition) is 1. The molecule has 2 aliphatic heterocycles. The van der Waals surface area contributed by atoms with Crippen molar-refractivity contribution in [2.24, 2.45) is 5.92 Å². The number of carbonyl (C=O) groups excluding carboxylic acids is 1. The van der Waals surface area contributed by atoms with Gasteiger partial charge in [0.15, 0.2) is 0 Å². The number of piperidine rings is 1. The van der Waals surface area contributed by atoms with Crippen LogP contribution in [-0.4, -0.2) is 48.1 Å². The molecule has 6 nitrogen and oxygen atoms in total. The third kappa shape index (κ3) is 2.87. The van der Waals surface area contributed by atoms with Crippen LogP contribution in [0.4, 0.5) is 0 Å². The smallest absolute Gasteiger partial charge is 0.253 e. The second-order valence-corrected chi connectivity index (χ2v) is 10.6. The normalized spacial score (nSPS) is 21.1. The molecule has 1 aromatic heterocycles. The molecule has 1 aromatic carbocycles. The van der Waals surface area contributed by atoms with Gasteiger partial charge in [0.2, 0.25) is 10.0 Å². The Morgan fingerprint density at radius 1 is 1.14 bits per heavy atom. The highest BCUT2D eigenvalue weighted by Gasteiger charge is 2.40. The Morgan fingerprint density at radius 2 is 1.89 bits per heavy atom. The number of nitrogens with one attached hydrogen (secondary N) is 1. The molecule has 150 valence electrons. The van der Waals surface area contributed by atoms with Crippen molar-refractivity contribution in [1.29, 1.82) is 0 Å². The van der Waals surface area contributed by atoms with E-state index >= 15 is 0 Å². The minimum atomic E-state index is -3.36. The number of amides is 1. The summed E-state index contributed by atoms with van der Waals surface area (Å²) in [4.78, 5) is 15.0. The van der Waals surface area contributed by atoms with Crippen LogP contribution < -0.4 is 5.32 Å². The third-order valence-corrected chi connectivity index (χ3v) is 8.73. The van der Waals surface area contributed by atoms with Gasteiger partial charge in [-0.1, -0.05) is 6.92 Å². The van der Waals surface area contributed by atoms with E-state index in [0.29, 0.717) is 24.4 Å². The number of benzene rings is 1. The first-order valence-electron chi connectivity index (χ1n) is 10.4. The van der Waals surface area contributed by atoms with Crippen LogP contribution in [0.5, 0.6) is 0 Å². The molecule has 1 aliphatic carbocycles. The van der Waals surface area contributed by atoms with E-state index in [0.717, 1.165) is 67.5 Å². The van der Waals surface area contributed by atoms with Crippen LogP contribution >= 0.6 is 0 Å². The van der Waals surface area contributed by atoms with Crippen LogP contribution in [0.1, 0.15) is 54.2 Å². The first-order valence-corrected chi connectivity index (χ1v) is 11.9. The summed E-state index contributed by atoms with van der Waals surface area (Å²) in [5.74, 6) is 0.732. The molecule has 7 heteroatoms. The summed E-state index contributed by atoms with van der Waals surface area (Å²) >= 11 is 0. The van der Waals surface area contributed by atoms with Gasteiger partial charge < -0.3 is 10.2 Å². The topological polar surface area (TPSA) is 71.4 Å². The van der Waals surface area contributed by atoms with E-state index in [1.807, 2.05) is 17.0 Å². The van der Waals surface area contributed by atoms with Gasteiger partial charge in [-0.15, -0.1) is 0 Å². The fraction of sp³-hybridized carbons (Fsp3) is 0.571. The molecule has 0 radical (unpaired) electrons. The van der Waals surface area contributed by atoms with Crippen molar-refractivity contribution in [2.45, 2.75) is 50.8 Å². The molecule has 2 fully saturated rings. The van der Waals surface area contributed by atoms with E-state index in [-0.39, 0.29) is 11.2 Å². The third-order valence-electron chi connectivity index (χ3n) is 6.49. The molecule has 3 aliphatic rings. The molecule has 0 bridgehead atoms. The Balaban J connectivity index is 1.59. The van der Waals surface area contributed by atoms with Gasteiger partial charge in [-0.2, -0.15) is 0 Å². The number of rotatable bonds is 3. The van der Waals surface area contributed by atoms with Crippen molar-refractivity contribution in [1.82, 2.24) is 14.2 Å². The molecule has 28 heavy (non-hydrogen) atoms. The highest BCUT2D eigenvalue weighted by Crippen LogP contribution is 2.37. The van der Waals surface area contributed by atoms with E-state index in [1.165, 1.54) is 0 Å². The fourth-order valence-corrected chi connectivity index (χ4v) is 6.55. The molecule has 0 atom stereocenters. The summed E-state index contributed by atoms with van der Waals surface area (Å²) in [5, 5.41) is 4.01. The van der Waals surface area contributed by atoms with Crippen LogP contribution in [0.2, 0.25) is 0 Å². The van der Waals surface area contributed by atoms with Crippen molar-refractivity contribution in [3.63, 3.8) is 0 Å². The summed E-state index contributed by atoms with van der Waals surface area (Å²) in [6.07, 6.45) is 4.29. The number of nitrogens with zero attached hydrogens (tertiary/aromatic N) is 2. The molecule has 0 unspecified atom stereocenters. The van der Waals surface area contributed by atoms with Gasteiger partial charge in [0.05, 0.1) is 10.8 Å². The van der Waals surface area contributed by atoms with Gasteiger partial charge in [0.1, 0.15) is 0 Å². The summed E-state index contributed by atoms with van der Waals surface area (Å²) in [6, 6.07) is 5.56. The largest absolute Gasteiger partial charge is 0.339 e. The van der Waals surface area contributed by atoms with Crippen molar-refractivity contribution >= 4 is 26.8 Å². The quantitative estimate of drug-likeness (QED) is 0.858. The van der Waals surface area contributed by atoms with Crippen molar-refractivity contribution in [3.8, 4) is 0 Å². The molecule has 5 rings (SSSR count). The second-order valence-electron chi connectivity index (χ2n) is 8.57. The van der Waals surface area contributed by atoms with Gasteiger partial charge in [-0.3, -0.25) is 4.79 Å². The first-order chi connectivity index (χ1) is 13.5. The number of aromatic nitrogens is 1. The zero-order valence-corrected chi connectivity index (χ0v) is 17.1. The maximum Gasteiger partial charge on any atom is 0.253 e. The fourth-order valence-electron chi connectivity index (χ4n) is 4.58. The van der Waals surface area contributed by atoms with Crippen LogP contribution in [0, 0.1) is 5.92 Å². The molecule has 1 saturated heterocycles. The Morgan fingerprint density at radius 3 is 2.61 bits per heavy atom. The van der Waals surface area contributed by atoms with Gasteiger partial charge in [0, 0.05) is 49.2 Å². The number of likely N-dealkylation sites (tertiary alicyclic amines) is 1. The lowest BCUT2D eigenvalue weighted by molar-refractivity contribution is 0.0697. The van der Waals surface area contributed by atoms with Gasteiger partial charge in [0.25, 0.3) is 5.91 Å². The molecule has 1 N–H and O–H groups in total. The van der Waals surface area contributed by atoms with Crippen LogP contribution in [0.25, 0.3) is 10.9 Å². The Kier molecular flexibility index (Phi) is 4.28. The number of hydrogen-bond acceptors (Lipinski definition) is 4. The van der Waals surface area contributed by atoms with E-state index in [2.05, 4.69) is 12.2 Å². The minimum Gasteiger partial charge on any atom is -0.339 e. The van der Waals surface area contributed by atoms with Crippen molar-refractivity contribution in [2.75, 3.05) is 19.6 Å². The monoisotopic (exact) mass is 401 g/mol. The molecule has 0 spiro atoms. The summed E-state index contributed by atoms with van der Waals surface area (Å²) in [6.45, 7) is 5.26. The predicted molar refractivity (Wildman–Crippen MR) is 109 cm³/mol. The van der Waals surface area contributed by atoms with Crippen LogP contribution in [0.15, 0.2) is 18.2 Å². The van der Waals surface area contributed by atoms with Crippen LogP contribution in [-0.2, 0) is 23.0 Å². The maximum absolute atomic E-state index is 13.1. The lowest BCUT2D eigenvalue weighted by atomic mass is 9.98. The van der Waals surface area contributed by atoms with E-state index in [9.17, 15) is 13.2 Å². The lowest BCUT2D eigenvalue weighted by Crippen LogP contribution is -2.37. The molecule has 1 saturated carbocycles. The van der Waals surface area contributed by atoms with E-state index < -0.39 is 10.0 Å². The van der Waals surface area contributed by atoms with E-state index in [1.54, 1.807) is 10.0 Å². The van der Waals surface area contributed by atoms with Crippen molar-refractivity contribution < 1.29 is 13.2 Å². The lowest BCUT2D eigenvalue weighted by Gasteiger charge is -2.30. The Labute approximate surface area is 165 Å². The Bertz CT molecular complexity index is 1040. The molecule has 2 aromatic rings. The van der Waals surface area contributed by atoms with Gasteiger partial charge >= 0.3 is 0 Å². The highest BCUT2D eigenvalue weighted by atomic mass is 32.2. The van der Waals surface area contributed by atoms with Gasteiger partial charge in [-0.25, -0.2) is 12.4 Å². The van der Waals surface area contributed by atoms with Gasteiger partial charge in [-0.05, 0) is 55.4 Å². The molecule has 1 amide bonds. The zero-order chi connectivity index (χ0) is 19.5. The van der Waals surface area contributed by atoms with Crippen molar-refractivity contribution in [3.05, 3.63) is 35.0 Å². The Hall–Kier alpha value is -1.86. The summed E-state index contributed by atoms with van der Waals surface area (Å²) in [7, 11) is -3.36. The molecular formula is C21H27N3O3S. The number of carbonyl (C=O) groups is 1. The summed E-state index contributed by atoms with van der Waals surface area (Å²) < 4.78 is 27.8. The van der Waals surface area contributed by atoms with E-state index in [4.69, 9.17) is 0 Å². The minimum absolute atomic E-state index is 0.0594. The molecule has 3 heterocycles. The average molecular weight is 402 g/mol. The summed E-state index contributed by atoms with van der Waals surface area (Å²) in [5.41, 5.74) is 3.32. The average Bonchev–Trinajstić information content (AvgIpc) is 3.50.